The van der Waals surface area contributed by atoms with Gasteiger partial charge in [0.05, 0.1) is 0 Å². The molecule has 0 aliphatic rings. The van der Waals surface area contributed by atoms with Crippen molar-refractivity contribution in [3.8, 4) is 0 Å². The fraction of sp³-hybridized carbons (Fsp3) is 0.571. The fourth-order valence-electron chi connectivity index (χ4n) is 1.95. The highest BCUT2D eigenvalue weighted by Gasteiger charge is 2.12. The topological polar surface area (TPSA) is 12.0 Å². The zero-order valence-electron chi connectivity index (χ0n) is 10.9. The van der Waals surface area contributed by atoms with Crippen LogP contribution in [0, 0.1) is 12.7 Å². The molecule has 0 heterocycles. The fourth-order valence-corrected chi connectivity index (χ4v) is 2.42. The normalized spacial score (nSPS) is 12.7. The highest BCUT2D eigenvalue weighted by Crippen LogP contribution is 2.22. The second kappa shape index (κ2) is 7.72. The first-order chi connectivity index (χ1) is 8.19. The monoisotopic (exact) mass is 255 g/mol. The minimum absolute atomic E-state index is 0.148. The van der Waals surface area contributed by atoms with E-state index < -0.39 is 0 Å². The molecule has 0 aliphatic carbocycles. The Hall–Kier alpha value is -0.540. The molecular weight excluding hydrogens is 233 g/mol. The van der Waals surface area contributed by atoms with Crippen LogP contribution in [-0.4, -0.2) is 18.6 Å². The number of halogens is 1. The van der Waals surface area contributed by atoms with E-state index in [2.05, 4.69) is 18.5 Å². The molecule has 0 bridgehead atoms. The Morgan fingerprint density at radius 1 is 1.41 bits per heavy atom. The van der Waals surface area contributed by atoms with Crippen molar-refractivity contribution in [2.45, 2.75) is 32.7 Å². The molecule has 0 aromatic heterocycles. The van der Waals surface area contributed by atoms with E-state index in [0.717, 1.165) is 30.7 Å². The lowest BCUT2D eigenvalue weighted by atomic mass is 9.99. The van der Waals surface area contributed by atoms with E-state index in [1.54, 1.807) is 12.1 Å². The van der Waals surface area contributed by atoms with Gasteiger partial charge in [0.25, 0.3) is 0 Å². The van der Waals surface area contributed by atoms with Gasteiger partial charge < -0.3 is 5.32 Å². The third-order valence-corrected chi connectivity index (χ3v) is 3.50. The van der Waals surface area contributed by atoms with Crippen LogP contribution < -0.4 is 5.32 Å². The minimum atomic E-state index is -0.148. The lowest BCUT2D eigenvalue weighted by molar-refractivity contribution is 0.518. The maximum Gasteiger partial charge on any atom is 0.123 e. The van der Waals surface area contributed by atoms with E-state index >= 15 is 0 Å². The first-order valence-corrected chi connectivity index (χ1v) is 7.56. The van der Waals surface area contributed by atoms with Crippen LogP contribution in [0.2, 0.25) is 0 Å². The van der Waals surface area contributed by atoms with Gasteiger partial charge in [0.15, 0.2) is 0 Å². The summed E-state index contributed by atoms with van der Waals surface area (Å²) >= 11 is 1.85. The molecule has 96 valence electrons. The Bertz CT molecular complexity index is 333. The highest BCUT2D eigenvalue weighted by atomic mass is 32.2. The van der Waals surface area contributed by atoms with Crippen molar-refractivity contribution in [3.63, 3.8) is 0 Å². The van der Waals surface area contributed by atoms with E-state index in [9.17, 15) is 4.39 Å². The van der Waals surface area contributed by atoms with Crippen LogP contribution in [0.3, 0.4) is 0 Å². The van der Waals surface area contributed by atoms with Gasteiger partial charge in [0.1, 0.15) is 5.82 Å². The summed E-state index contributed by atoms with van der Waals surface area (Å²) in [5.41, 5.74) is 2.27. The van der Waals surface area contributed by atoms with Gasteiger partial charge in [-0.15, -0.1) is 0 Å². The molecule has 1 N–H and O–H groups in total. The third-order valence-electron chi connectivity index (χ3n) is 2.86. The first kappa shape index (κ1) is 14.5. The maximum atomic E-state index is 13.1. The van der Waals surface area contributed by atoms with Crippen LogP contribution in [0.25, 0.3) is 0 Å². The Morgan fingerprint density at radius 3 is 2.76 bits per heavy atom. The highest BCUT2D eigenvalue weighted by molar-refractivity contribution is 7.98. The van der Waals surface area contributed by atoms with Gasteiger partial charge in [0.2, 0.25) is 0 Å². The Morgan fingerprint density at radius 2 is 2.18 bits per heavy atom. The predicted molar refractivity (Wildman–Crippen MR) is 75.2 cm³/mol. The summed E-state index contributed by atoms with van der Waals surface area (Å²) in [6.45, 7) is 5.16. The number of thioether (sulfide) groups is 1. The number of hydrogen-bond acceptors (Lipinski definition) is 2. The van der Waals surface area contributed by atoms with Gasteiger partial charge in [-0.3, -0.25) is 0 Å². The van der Waals surface area contributed by atoms with Crippen molar-refractivity contribution in [1.29, 1.82) is 0 Å². The minimum Gasteiger partial charge on any atom is -0.310 e. The van der Waals surface area contributed by atoms with Crippen molar-refractivity contribution >= 4 is 11.8 Å². The molecule has 0 saturated carbocycles. The predicted octanol–water partition coefficient (Wildman–Crippen LogP) is 3.93. The maximum absolute atomic E-state index is 13.1. The van der Waals surface area contributed by atoms with Crippen LogP contribution in [0.1, 0.15) is 36.9 Å². The molecule has 1 atom stereocenters. The summed E-state index contributed by atoms with van der Waals surface area (Å²) in [4.78, 5) is 0. The molecule has 3 heteroatoms. The van der Waals surface area contributed by atoms with Gasteiger partial charge in [-0.1, -0.05) is 13.0 Å². The molecule has 0 saturated heterocycles. The third kappa shape index (κ3) is 4.68. The van der Waals surface area contributed by atoms with Crippen molar-refractivity contribution in [2.24, 2.45) is 0 Å². The number of hydrogen-bond donors (Lipinski definition) is 1. The average molecular weight is 255 g/mol. The molecule has 0 aliphatic heterocycles. The molecule has 0 spiro atoms. The first-order valence-electron chi connectivity index (χ1n) is 6.17. The molecule has 1 aromatic rings. The van der Waals surface area contributed by atoms with Crippen LogP contribution in [-0.2, 0) is 0 Å². The number of nitrogens with one attached hydrogen (secondary N) is 1. The van der Waals surface area contributed by atoms with Crippen molar-refractivity contribution < 1.29 is 4.39 Å². The van der Waals surface area contributed by atoms with Crippen molar-refractivity contribution in [2.75, 3.05) is 18.6 Å². The molecule has 0 amide bonds. The molecule has 1 nitrogen and oxygen atoms in total. The quantitative estimate of drug-likeness (QED) is 0.792. The van der Waals surface area contributed by atoms with Crippen molar-refractivity contribution in [3.05, 3.63) is 35.1 Å². The molecule has 0 radical (unpaired) electrons. The largest absolute Gasteiger partial charge is 0.310 e. The molecular formula is C14H22FNS. The van der Waals surface area contributed by atoms with Crippen molar-refractivity contribution in [1.82, 2.24) is 5.32 Å². The molecule has 1 aromatic carbocycles. The molecule has 1 unspecified atom stereocenters. The van der Waals surface area contributed by atoms with Crippen LogP contribution in [0.4, 0.5) is 4.39 Å². The average Bonchev–Trinajstić information content (AvgIpc) is 2.30. The van der Waals surface area contributed by atoms with Gasteiger partial charge >= 0.3 is 0 Å². The zero-order valence-corrected chi connectivity index (χ0v) is 11.7. The summed E-state index contributed by atoms with van der Waals surface area (Å²) < 4.78 is 13.1. The zero-order chi connectivity index (χ0) is 12.7. The summed E-state index contributed by atoms with van der Waals surface area (Å²) in [6.07, 6.45) is 4.33. The Kier molecular flexibility index (Phi) is 6.60. The lowest BCUT2D eigenvalue weighted by Gasteiger charge is -2.20. The van der Waals surface area contributed by atoms with Gasteiger partial charge in [-0.25, -0.2) is 4.39 Å². The summed E-state index contributed by atoms with van der Waals surface area (Å²) in [7, 11) is 0. The number of rotatable bonds is 7. The van der Waals surface area contributed by atoms with E-state index in [1.165, 1.54) is 5.56 Å². The van der Waals surface area contributed by atoms with Crippen LogP contribution in [0.15, 0.2) is 18.2 Å². The SMILES string of the molecule is CCCNC(CCSC)c1ccc(F)cc1C. The van der Waals surface area contributed by atoms with E-state index in [0.29, 0.717) is 6.04 Å². The van der Waals surface area contributed by atoms with Gasteiger partial charge in [-0.2, -0.15) is 11.8 Å². The number of benzene rings is 1. The summed E-state index contributed by atoms with van der Waals surface area (Å²) in [5.74, 6) is 0.975. The van der Waals surface area contributed by atoms with Gasteiger partial charge in [-0.05, 0) is 61.6 Å². The van der Waals surface area contributed by atoms with E-state index in [1.807, 2.05) is 24.8 Å². The Balaban J connectivity index is 2.79. The summed E-state index contributed by atoms with van der Waals surface area (Å²) in [6, 6.07) is 5.44. The van der Waals surface area contributed by atoms with Crippen LogP contribution in [0.5, 0.6) is 0 Å². The smallest absolute Gasteiger partial charge is 0.123 e. The standard InChI is InChI=1S/C14H22FNS/c1-4-8-16-14(7-9-17-3)13-6-5-12(15)10-11(13)2/h5-6,10,14,16H,4,7-9H2,1-3H3. The Labute approximate surface area is 108 Å². The summed E-state index contributed by atoms with van der Waals surface area (Å²) in [5, 5.41) is 3.55. The number of aryl methyl sites for hydroxylation is 1. The molecule has 17 heavy (non-hydrogen) atoms. The van der Waals surface area contributed by atoms with Crippen LogP contribution >= 0.6 is 11.8 Å². The lowest BCUT2D eigenvalue weighted by Crippen LogP contribution is -2.23. The second-order valence-corrected chi connectivity index (χ2v) is 5.27. The van der Waals surface area contributed by atoms with E-state index in [4.69, 9.17) is 0 Å². The van der Waals surface area contributed by atoms with E-state index in [-0.39, 0.29) is 5.82 Å². The molecule has 1 rings (SSSR count). The van der Waals surface area contributed by atoms with Gasteiger partial charge in [0, 0.05) is 6.04 Å². The second-order valence-electron chi connectivity index (χ2n) is 4.29. The molecule has 0 fully saturated rings.